The Bertz CT molecular complexity index is 558. The first-order valence-corrected chi connectivity index (χ1v) is 7.66. The molecule has 0 aliphatic heterocycles. The molecule has 0 spiro atoms. The van der Waals surface area contributed by atoms with Gasteiger partial charge in [-0.05, 0) is 18.2 Å². The van der Waals surface area contributed by atoms with Crippen molar-refractivity contribution in [1.29, 1.82) is 0 Å². The summed E-state index contributed by atoms with van der Waals surface area (Å²) in [5.41, 5.74) is 0.435. The van der Waals surface area contributed by atoms with E-state index < -0.39 is 10.0 Å². The average molecular weight is 305 g/mol. The standard InChI is InChI=1S/C12H17ClN2O3S/c1-9(8-13)12(16)14-10-5-4-6-11(7-10)19(17,18)15(2)3/h4-7,9H,8H2,1-3H3,(H,14,16). The molecule has 0 aliphatic rings. The van der Waals surface area contributed by atoms with E-state index in [1.165, 1.54) is 26.2 Å². The summed E-state index contributed by atoms with van der Waals surface area (Å²) in [6.45, 7) is 1.70. The van der Waals surface area contributed by atoms with Gasteiger partial charge in [0.25, 0.3) is 0 Å². The van der Waals surface area contributed by atoms with E-state index >= 15 is 0 Å². The van der Waals surface area contributed by atoms with Crippen molar-refractivity contribution >= 4 is 33.2 Å². The van der Waals surface area contributed by atoms with E-state index in [-0.39, 0.29) is 22.6 Å². The van der Waals surface area contributed by atoms with Crippen molar-refractivity contribution < 1.29 is 13.2 Å². The molecule has 1 unspecified atom stereocenters. The first-order valence-electron chi connectivity index (χ1n) is 5.68. The van der Waals surface area contributed by atoms with Crippen LogP contribution in [0.2, 0.25) is 0 Å². The molecule has 1 aromatic rings. The van der Waals surface area contributed by atoms with Crippen LogP contribution in [-0.2, 0) is 14.8 Å². The Morgan fingerprint density at radius 3 is 2.58 bits per heavy atom. The van der Waals surface area contributed by atoms with Crippen LogP contribution in [0.1, 0.15) is 6.92 Å². The number of nitrogens with zero attached hydrogens (tertiary/aromatic N) is 1. The summed E-state index contributed by atoms with van der Waals surface area (Å²) >= 11 is 5.60. The second kappa shape index (κ2) is 6.36. The van der Waals surface area contributed by atoms with Crippen LogP contribution in [0.15, 0.2) is 29.2 Å². The monoisotopic (exact) mass is 304 g/mol. The molecule has 0 heterocycles. The number of amides is 1. The van der Waals surface area contributed by atoms with Gasteiger partial charge in [0, 0.05) is 31.6 Å². The zero-order chi connectivity index (χ0) is 14.6. The SMILES string of the molecule is CC(CCl)C(=O)Nc1cccc(S(=O)(=O)N(C)C)c1. The maximum absolute atomic E-state index is 12.0. The molecule has 1 aromatic carbocycles. The number of hydrogen-bond donors (Lipinski definition) is 1. The predicted octanol–water partition coefficient (Wildman–Crippen LogP) is 1.75. The Labute approximate surface area is 118 Å². The van der Waals surface area contributed by atoms with Crippen LogP contribution >= 0.6 is 11.6 Å². The van der Waals surface area contributed by atoms with Crippen molar-refractivity contribution in [2.24, 2.45) is 5.92 Å². The van der Waals surface area contributed by atoms with E-state index in [0.717, 1.165) is 4.31 Å². The molecule has 0 radical (unpaired) electrons. The quantitative estimate of drug-likeness (QED) is 0.843. The van der Waals surface area contributed by atoms with Crippen molar-refractivity contribution in [3.05, 3.63) is 24.3 Å². The molecule has 0 aliphatic carbocycles. The van der Waals surface area contributed by atoms with Gasteiger partial charge < -0.3 is 5.32 Å². The predicted molar refractivity (Wildman–Crippen MR) is 75.8 cm³/mol. The number of carbonyl (C=O) groups excluding carboxylic acids is 1. The van der Waals surface area contributed by atoms with E-state index in [4.69, 9.17) is 11.6 Å². The fourth-order valence-corrected chi connectivity index (χ4v) is 2.37. The van der Waals surface area contributed by atoms with Crippen molar-refractivity contribution in [2.75, 3.05) is 25.3 Å². The van der Waals surface area contributed by atoms with Gasteiger partial charge in [0.1, 0.15) is 0 Å². The molecule has 1 atom stereocenters. The highest BCUT2D eigenvalue weighted by Gasteiger charge is 2.18. The zero-order valence-corrected chi connectivity index (χ0v) is 12.6. The molecule has 7 heteroatoms. The number of anilines is 1. The van der Waals surface area contributed by atoms with E-state index in [2.05, 4.69) is 5.32 Å². The van der Waals surface area contributed by atoms with Crippen molar-refractivity contribution in [3.63, 3.8) is 0 Å². The van der Waals surface area contributed by atoms with Crippen LogP contribution in [0.25, 0.3) is 0 Å². The van der Waals surface area contributed by atoms with Crippen molar-refractivity contribution in [2.45, 2.75) is 11.8 Å². The highest BCUT2D eigenvalue weighted by Crippen LogP contribution is 2.18. The smallest absolute Gasteiger partial charge is 0.242 e. The van der Waals surface area contributed by atoms with Crippen LogP contribution in [0.3, 0.4) is 0 Å². The third kappa shape index (κ3) is 3.92. The molecule has 0 bridgehead atoms. The van der Waals surface area contributed by atoms with E-state index in [1.54, 1.807) is 19.1 Å². The number of sulfonamides is 1. The Hall–Kier alpha value is -1.11. The lowest BCUT2D eigenvalue weighted by Crippen LogP contribution is -2.23. The first kappa shape index (κ1) is 15.9. The van der Waals surface area contributed by atoms with Gasteiger partial charge in [-0.2, -0.15) is 0 Å². The van der Waals surface area contributed by atoms with E-state index in [0.29, 0.717) is 5.69 Å². The van der Waals surface area contributed by atoms with Gasteiger partial charge in [-0.3, -0.25) is 4.79 Å². The number of nitrogens with one attached hydrogen (secondary N) is 1. The van der Waals surface area contributed by atoms with Gasteiger partial charge in [-0.1, -0.05) is 13.0 Å². The third-order valence-corrected chi connectivity index (χ3v) is 4.83. The maximum Gasteiger partial charge on any atom is 0.242 e. The molecular formula is C12H17ClN2O3S. The largest absolute Gasteiger partial charge is 0.326 e. The maximum atomic E-state index is 12.0. The molecule has 0 aromatic heterocycles. The summed E-state index contributed by atoms with van der Waals surface area (Å²) in [5.74, 6) is -0.369. The average Bonchev–Trinajstić information content (AvgIpc) is 2.37. The lowest BCUT2D eigenvalue weighted by molar-refractivity contribution is -0.118. The molecule has 5 nitrogen and oxygen atoms in total. The molecule has 1 amide bonds. The van der Waals surface area contributed by atoms with E-state index in [9.17, 15) is 13.2 Å². The number of carbonyl (C=O) groups is 1. The number of alkyl halides is 1. The second-order valence-corrected chi connectivity index (χ2v) is 6.82. The number of hydrogen-bond acceptors (Lipinski definition) is 3. The van der Waals surface area contributed by atoms with Gasteiger partial charge in [-0.15, -0.1) is 11.6 Å². The molecule has 19 heavy (non-hydrogen) atoms. The molecule has 1 N–H and O–H groups in total. The topological polar surface area (TPSA) is 66.5 Å². The highest BCUT2D eigenvalue weighted by atomic mass is 35.5. The van der Waals surface area contributed by atoms with Crippen LogP contribution in [0, 0.1) is 5.92 Å². The molecule has 0 saturated heterocycles. The molecule has 106 valence electrons. The van der Waals surface area contributed by atoms with Gasteiger partial charge in [0.2, 0.25) is 15.9 Å². The summed E-state index contributed by atoms with van der Waals surface area (Å²) in [6.07, 6.45) is 0. The summed E-state index contributed by atoms with van der Waals surface area (Å²) in [6, 6.07) is 6.12. The van der Waals surface area contributed by atoms with Crippen LogP contribution in [-0.4, -0.2) is 38.6 Å². The molecule has 0 fully saturated rings. The Morgan fingerprint density at radius 1 is 1.42 bits per heavy atom. The molecule has 1 rings (SSSR count). The van der Waals surface area contributed by atoms with Gasteiger partial charge in [-0.25, -0.2) is 12.7 Å². The summed E-state index contributed by atoms with van der Waals surface area (Å²) in [4.78, 5) is 11.8. The minimum atomic E-state index is -3.51. The van der Waals surface area contributed by atoms with Gasteiger partial charge >= 0.3 is 0 Å². The van der Waals surface area contributed by atoms with Crippen molar-refractivity contribution in [1.82, 2.24) is 4.31 Å². The van der Waals surface area contributed by atoms with Gasteiger partial charge in [0.05, 0.1) is 4.90 Å². The Kier molecular flexibility index (Phi) is 5.34. The summed E-state index contributed by atoms with van der Waals surface area (Å²) < 4.78 is 25.0. The van der Waals surface area contributed by atoms with E-state index in [1.807, 2.05) is 0 Å². The fraction of sp³-hybridized carbons (Fsp3) is 0.417. The van der Waals surface area contributed by atoms with Crippen LogP contribution in [0.5, 0.6) is 0 Å². The number of rotatable bonds is 5. The fourth-order valence-electron chi connectivity index (χ4n) is 1.28. The Balaban J connectivity index is 2.99. The minimum Gasteiger partial charge on any atom is -0.326 e. The number of benzene rings is 1. The zero-order valence-electron chi connectivity index (χ0n) is 11.1. The lowest BCUT2D eigenvalue weighted by Gasteiger charge is -2.13. The van der Waals surface area contributed by atoms with Crippen LogP contribution in [0.4, 0.5) is 5.69 Å². The molecular weight excluding hydrogens is 288 g/mol. The van der Waals surface area contributed by atoms with Crippen LogP contribution < -0.4 is 5.32 Å². The normalized spacial score (nSPS) is 13.3. The minimum absolute atomic E-state index is 0.133. The second-order valence-electron chi connectivity index (χ2n) is 4.36. The van der Waals surface area contributed by atoms with Crippen molar-refractivity contribution in [3.8, 4) is 0 Å². The Morgan fingerprint density at radius 2 is 2.05 bits per heavy atom. The molecule has 0 saturated carbocycles. The van der Waals surface area contributed by atoms with Gasteiger partial charge in [0.15, 0.2) is 0 Å². The first-order chi connectivity index (χ1) is 8.78. The summed E-state index contributed by atoms with van der Waals surface area (Å²) in [7, 11) is -0.596. The number of halogens is 1. The summed E-state index contributed by atoms with van der Waals surface area (Å²) in [5, 5.41) is 2.64. The third-order valence-electron chi connectivity index (χ3n) is 2.56. The highest BCUT2D eigenvalue weighted by molar-refractivity contribution is 7.89. The lowest BCUT2D eigenvalue weighted by atomic mass is 10.2.